The number of nitrogens with one attached hydrogen (secondary N) is 1. The molecule has 0 spiro atoms. The van der Waals surface area contributed by atoms with Crippen molar-refractivity contribution in [2.75, 3.05) is 24.5 Å². The molecule has 0 saturated carbocycles. The molecule has 1 unspecified atom stereocenters. The van der Waals surface area contributed by atoms with Crippen LogP contribution in [0.5, 0.6) is 5.75 Å². The van der Waals surface area contributed by atoms with Crippen LogP contribution in [0.4, 0.5) is 5.69 Å². The van der Waals surface area contributed by atoms with E-state index >= 15 is 0 Å². The summed E-state index contributed by atoms with van der Waals surface area (Å²) in [5.74, 6) is -0.276. The number of sulfonamides is 1. The Morgan fingerprint density at radius 3 is 2.08 bits per heavy atom. The number of aryl methyl sites for hydroxylation is 1. The maximum Gasteiger partial charge on any atom is 0.264 e. The lowest BCUT2D eigenvalue weighted by atomic mass is 10.1. The van der Waals surface area contributed by atoms with Crippen molar-refractivity contribution in [2.24, 2.45) is 0 Å². The average Bonchev–Trinajstić information content (AvgIpc) is 2.92. The normalized spacial score (nSPS) is 12.3. The Hall–Kier alpha value is -3.85. The van der Waals surface area contributed by atoms with Gasteiger partial charge in [0.1, 0.15) is 18.3 Å². The first-order valence-corrected chi connectivity index (χ1v) is 14.6. The Bertz CT molecular complexity index is 1380. The van der Waals surface area contributed by atoms with Gasteiger partial charge in [0.05, 0.1) is 17.7 Å². The van der Waals surface area contributed by atoms with Crippen LogP contribution in [0, 0.1) is 6.92 Å². The van der Waals surface area contributed by atoms with Gasteiger partial charge in [0.15, 0.2) is 0 Å². The van der Waals surface area contributed by atoms with E-state index in [2.05, 4.69) is 5.32 Å². The summed E-state index contributed by atoms with van der Waals surface area (Å²) in [6.07, 6.45) is 0.509. The van der Waals surface area contributed by atoms with Gasteiger partial charge >= 0.3 is 0 Å². The number of ether oxygens (including phenoxy) is 1. The molecule has 0 aromatic heterocycles. The van der Waals surface area contributed by atoms with Crippen LogP contribution in [-0.2, 0) is 26.0 Å². The topological polar surface area (TPSA) is 96.0 Å². The van der Waals surface area contributed by atoms with Crippen molar-refractivity contribution >= 4 is 27.5 Å². The molecule has 214 valence electrons. The number of methoxy groups -OCH3 is 1. The third-order valence-electron chi connectivity index (χ3n) is 6.40. The smallest absolute Gasteiger partial charge is 0.264 e. The number of rotatable bonds is 11. The molecule has 1 N–H and O–H groups in total. The van der Waals surface area contributed by atoms with Gasteiger partial charge in [-0.25, -0.2) is 8.42 Å². The van der Waals surface area contributed by atoms with Crippen molar-refractivity contribution in [3.05, 3.63) is 90.0 Å². The maximum absolute atomic E-state index is 13.9. The largest absolute Gasteiger partial charge is 0.497 e. The minimum absolute atomic E-state index is 0.0241. The Morgan fingerprint density at radius 2 is 1.52 bits per heavy atom. The first-order chi connectivity index (χ1) is 18.8. The Morgan fingerprint density at radius 1 is 0.925 bits per heavy atom. The van der Waals surface area contributed by atoms with Gasteiger partial charge in [0.2, 0.25) is 11.8 Å². The number of carbonyl (C=O) groups is 2. The van der Waals surface area contributed by atoms with E-state index in [4.69, 9.17) is 4.74 Å². The van der Waals surface area contributed by atoms with Gasteiger partial charge in [0, 0.05) is 12.1 Å². The van der Waals surface area contributed by atoms with Gasteiger partial charge in [-0.2, -0.15) is 0 Å². The number of anilines is 1. The molecule has 3 aromatic rings. The predicted molar refractivity (Wildman–Crippen MR) is 158 cm³/mol. The molecule has 0 saturated heterocycles. The molecule has 0 heterocycles. The highest BCUT2D eigenvalue weighted by molar-refractivity contribution is 7.92. The highest BCUT2D eigenvalue weighted by Crippen LogP contribution is 2.26. The van der Waals surface area contributed by atoms with Crippen LogP contribution in [0.15, 0.2) is 83.8 Å². The van der Waals surface area contributed by atoms with E-state index in [9.17, 15) is 18.0 Å². The van der Waals surface area contributed by atoms with Crippen LogP contribution < -0.4 is 14.4 Å². The van der Waals surface area contributed by atoms with Crippen LogP contribution in [0.25, 0.3) is 0 Å². The van der Waals surface area contributed by atoms with Crippen molar-refractivity contribution < 1.29 is 22.7 Å². The molecule has 0 aliphatic heterocycles. The molecule has 0 radical (unpaired) electrons. The maximum atomic E-state index is 13.9. The van der Waals surface area contributed by atoms with Crippen LogP contribution in [0.2, 0.25) is 0 Å². The van der Waals surface area contributed by atoms with Crippen molar-refractivity contribution in [1.82, 2.24) is 10.2 Å². The van der Waals surface area contributed by atoms with E-state index in [1.165, 1.54) is 24.1 Å². The summed E-state index contributed by atoms with van der Waals surface area (Å²) in [6, 6.07) is 21.8. The van der Waals surface area contributed by atoms with Crippen LogP contribution in [0.3, 0.4) is 0 Å². The fourth-order valence-electron chi connectivity index (χ4n) is 4.16. The highest BCUT2D eigenvalue weighted by atomic mass is 32.2. The summed E-state index contributed by atoms with van der Waals surface area (Å²) in [7, 11) is -2.63. The summed E-state index contributed by atoms with van der Waals surface area (Å²) >= 11 is 0. The van der Waals surface area contributed by atoms with E-state index in [0.717, 1.165) is 15.4 Å². The van der Waals surface area contributed by atoms with Crippen LogP contribution >= 0.6 is 0 Å². The summed E-state index contributed by atoms with van der Waals surface area (Å²) in [4.78, 5) is 28.5. The van der Waals surface area contributed by atoms with Crippen molar-refractivity contribution in [2.45, 2.75) is 57.5 Å². The zero-order chi connectivity index (χ0) is 29.5. The molecule has 2 amide bonds. The molecule has 8 nitrogen and oxygen atoms in total. The SMILES string of the molecule is COc1ccc(S(=O)(=O)N(CC(=O)N(CCc2ccccc2)C(C)C(=O)NC(C)(C)C)c2ccc(C)cc2)cc1. The van der Waals surface area contributed by atoms with Gasteiger partial charge in [-0.05, 0) is 83.0 Å². The quantitative estimate of drug-likeness (QED) is 0.367. The zero-order valence-corrected chi connectivity index (χ0v) is 24.9. The number of amides is 2. The summed E-state index contributed by atoms with van der Waals surface area (Å²) in [5, 5.41) is 2.93. The molecular formula is C31H39N3O5S. The molecule has 0 fully saturated rings. The zero-order valence-electron chi connectivity index (χ0n) is 24.0. The van der Waals surface area contributed by atoms with Gasteiger partial charge in [-0.1, -0.05) is 48.0 Å². The molecule has 0 aliphatic rings. The summed E-state index contributed by atoms with van der Waals surface area (Å²) in [6.45, 7) is 8.94. The summed E-state index contributed by atoms with van der Waals surface area (Å²) in [5.41, 5.74) is 1.81. The predicted octanol–water partition coefficient (Wildman–Crippen LogP) is 4.57. The standard InChI is InChI=1S/C31H39N3O5S/c1-23-12-14-26(15-13-23)34(40(37,38)28-18-16-27(39-6)17-19-28)22-29(35)33(21-20-25-10-8-7-9-11-25)24(2)30(36)32-31(3,4)5/h7-19,24H,20-22H2,1-6H3,(H,32,36). The van der Waals surface area contributed by atoms with E-state index in [-0.39, 0.29) is 17.3 Å². The van der Waals surface area contributed by atoms with E-state index in [0.29, 0.717) is 17.9 Å². The van der Waals surface area contributed by atoms with Crippen molar-refractivity contribution in [3.63, 3.8) is 0 Å². The molecule has 3 rings (SSSR count). The third kappa shape index (κ3) is 8.08. The molecule has 9 heteroatoms. The number of hydrogen-bond acceptors (Lipinski definition) is 5. The van der Waals surface area contributed by atoms with E-state index < -0.39 is 34.1 Å². The van der Waals surface area contributed by atoms with Gasteiger partial charge in [0.25, 0.3) is 10.0 Å². The van der Waals surface area contributed by atoms with E-state index in [1.807, 2.05) is 58.0 Å². The second-order valence-electron chi connectivity index (χ2n) is 10.8. The number of nitrogens with zero attached hydrogens (tertiary/aromatic N) is 2. The highest BCUT2D eigenvalue weighted by Gasteiger charge is 2.33. The average molecular weight is 566 g/mol. The lowest BCUT2D eigenvalue weighted by molar-refractivity contribution is -0.139. The Kier molecular flexibility index (Phi) is 9.98. The molecule has 0 aliphatic carbocycles. The number of carbonyl (C=O) groups excluding carboxylic acids is 2. The van der Waals surface area contributed by atoms with Crippen LogP contribution in [-0.4, -0.2) is 56.9 Å². The number of hydrogen-bond donors (Lipinski definition) is 1. The molecule has 3 aromatic carbocycles. The minimum atomic E-state index is -4.13. The fraction of sp³-hybridized carbons (Fsp3) is 0.355. The van der Waals surface area contributed by atoms with Crippen molar-refractivity contribution in [3.8, 4) is 5.75 Å². The first kappa shape index (κ1) is 30.7. The monoisotopic (exact) mass is 565 g/mol. The second kappa shape index (κ2) is 13.0. The fourth-order valence-corrected chi connectivity index (χ4v) is 5.57. The van der Waals surface area contributed by atoms with Gasteiger partial charge in [-0.3, -0.25) is 13.9 Å². The van der Waals surface area contributed by atoms with E-state index in [1.54, 1.807) is 43.3 Å². The first-order valence-electron chi connectivity index (χ1n) is 13.2. The minimum Gasteiger partial charge on any atom is -0.497 e. The molecule has 0 bridgehead atoms. The van der Waals surface area contributed by atoms with Crippen LogP contribution in [0.1, 0.15) is 38.8 Å². The number of benzene rings is 3. The lowest BCUT2D eigenvalue weighted by Gasteiger charge is -2.33. The second-order valence-corrected chi connectivity index (χ2v) is 12.6. The Labute approximate surface area is 238 Å². The summed E-state index contributed by atoms with van der Waals surface area (Å²) < 4.78 is 34.0. The van der Waals surface area contributed by atoms with Gasteiger partial charge in [-0.15, -0.1) is 0 Å². The molecule has 40 heavy (non-hydrogen) atoms. The molecular weight excluding hydrogens is 526 g/mol. The lowest BCUT2D eigenvalue weighted by Crippen LogP contribution is -2.55. The third-order valence-corrected chi connectivity index (χ3v) is 8.19. The van der Waals surface area contributed by atoms with Gasteiger partial charge < -0.3 is 15.0 Å². The Balaban J connectivity index is 1.98. The molecule has 1 atom stereocenters. The van der Waals surface area contributed by atoms with Crippen molar-refractivity contribution in [1.29, 1.82) is 0 Å².